The Morgan fingerprint density at radius 1 is 1.21 bits per heavy atom. The number of allylic oxidation sites excluding steroid dienone is 2. The molecule has 4 atom stereocenters. The number of ether oxygens (including phenoxy) is 2. The lowest BCUT2D eigenvalue weighted by atomic mass is 9.90. The van der Waals surface area contributed by atoms with Crippen LogP contribution >= 0.6 is 0 Å². The minimum Gasteiger partial charge on any atom is -0.481 e. The summed E-state index contributed by atoms with van der Waals surface area (Å²) in [6.45, 7) is 0. The number of unbranched alkanes of at least 4 members (excludes halogenated alkanes) is 1. The molecule has 0 aromatic heterocycles. The van der Waals surface area contributed by atoms with Gasteiger partial charge in [0.05, 0.1) is 6.10 Å². The van der Waals surface area contributed by atoms with Crippen LogP contribution in [-0.2, 0) is 9.59 Å². The number of ketones is 1. The van der Waals surface area contributed by atoms with Gasteiger partial charge in [-0.1, -0.05) is 36.4 Å². The zero-order valence-corrected chi connectivity index (χ0v) is 16.0. The Labute approximate surface area is 169 Å². The maximum Gasteiger partial charge on any atom is 0.303 e. The lowest BCUT2D eigenvalue weighted by molar-refractivity contribution is -0.137. The fourth-order valence-electron chi connectivity index (χ4n) is 3.65. The van der Waals surface area contributed by atoms with Crippen molar-refractivity contribution in [2.75, 3.05) is 0 Å². The summed E-state index contributed by atoms with van der Waals surface area (Å²) in [6.07, 6.45) is 6.05. The van der Waals surface area contributed by atoms with Crippen LogP contribution < -0.4 is 9.47 Å². The Balaban J connectivity index is 1.54. The second-order valence-electron chi connectivity index (χ2n) is 7.34. The molecule has 1 aliphatic heterocycles. The van der Waals surface area contributed by atoms with Gasteiger partial charge in [0.1, 0.15) is 11.9 Å². The topological polar surface area (TPSA) is 113 Å². The first-order valence-electron chi connectivity index (χ1n) is 9.82. The highest BCUT2D eigenvalue weighted by Gasteiger charge is 2.39. The van der Waals surface area contributed by atoms with Gasteiger partial charge in [-0.3, -0.25) is 9.59 Å². The molecule has 3 rings (SSSR count). The van der Waals surface area contributed by atoms with E-state index in [0.29, 0.717) is 30.8 Å². The molecule has 0 spiro atoms. The van der Waals surface area contributed by atoms with E-state index in [1.54, 1.807) is 18.2 Å². The number of para-hydroxylation sites is 2. The zero-order chi connectivity index (χ0) is 20.8. The molecule has 0 radical (unpaired) electrons. The molecule has 2 aliphatic rings. The molecule has 0 amide bonds. The number of carbonyl (C=O) groups is 2. The van der Waals surface area contributed by atoms with Gasteiger partial charge in [-0.2, -0.15) is 0 Å². The monoisotopic (exact) mass is 402 g/mol. The number of carbonyl (C=O) groups excluding carboxylic acids is 1. The molecule has 1 aromatic carbocycles. The normalized spacial score (nSPS) is 25.3. The summed E-state index contributed by atoms with van der Waals surface area (Å²) in [6, 6.07) is 7.13. The summed E-state index contributed by atoms with van der Waals surface area (Å²) in [7, 11) is 0. The van der Waals surface area contributed by atoms with Crippen molar-refractivity contribution in [3.05, 3.63) is 48.6 Å². The van der Waals surface area contributed by atoms with Crippen molar-refractivity contribution in [2.45, 2.75) is 50.6 Å². The maximum atomic E-state index is 12.2. The molecule has 0 bridgehead atoms. The lowest BCUT2D eigenvalue weighted by Crippen LogP contribution is -2.32. The van der Waals surface area contributed by atoms with Crippen LogP contribution in [0.25, 0.3) is 0 Å². The average Bonchev–Trinajstić information content (AvgIpc) is 3.23. The Morgan fingerprint density at radius 2 is 1.90 bits per heavy atom. The van der Waals surface area contributed by atoms with Crippen molar-refractivity contribution in [2.24, 2.45) is 11.8 Å². The van der Waals surface area contributed by atoms with Crippen LogP contribution in [0, 0.1) is 11.8 Å². The van der Waals surface area contributed by atoms with E-state index >= 15 is 0 Å². The van der Waals surface area contributed by atoms with Crippen molar-refractivity contribution in [3.63, 3.8) is 0 Å². The van der Waals surface area contributed by atoms with Crippen LogP contribution in [-0.4, -0.2) is 45.6 Å². The predicted octanol–water partition coefficient (Wildman–Crippen LogP) is 2.47. The van der Waals surface area contributed by atoms with Gasteiger partial charge in [-0.25, -0.2) is 0 Å². The summed E-state index contributed by atoms with van der Waals surface area (Å²) in [5.74, 6) is -0.484. The molecular weight excluding hydrogens is 376 g/mol. The third-order valence-corrected chi connectivity index (χ3v) is 5.20. The minimum absolute atomic E-state index is 0.0161. The number of hydrogen-bond acceptors (Lipinski definition) is 6. The molecule has 1 aliphatic carbocycles. The van der Waals surface area contributed by atoms with Gasteiger partial charge < -0.3 is 24.8 Å². The molecule has 3 N–H and O–H groups in total. The molecule has 0 saturated heterocycles. The van der Waals surface area contributed by atoms with E-state index in [1.807, 2.05) is 24.3 Å². The summed E-state index contributed by atoms with van der Waals surface area (Å²) in [4.78, 5) is 22.7. The number of aliphatic hydroxyl groups is 2. The minimum atomic E-state index is -1.04. The SMILES string of the molecule is O=C(O)CCC/C=C\C[C@H]1C(=O)C[C@@H](O)[C@@H]1/C=C/[C@@H](O)C1Oc2ccccc2O1. The number of carboxylic acids is 1. The molecule has 156 valence electrons. The number of rotatable bonds is 9. The standard InChI is InChI=1S/C22H26O7/c23-16(22-28-19-8-5-6-9-20(19)29-22)12-11-15-14(17(24)13-18(15)25)7-3-1-2-4-10-21(26)27/h1,3,5-6,8-9,11-12,14-16,18,22-23,25H,2,4,7,10,13H2,(H,26,27)/b3-1-,12-11+/t14-,15-,16-,18-/m1/s1. The highest BCUT2D eigenvalue weighted by Crippen LogP contribution is 2.36. The van der Waals surface area contributed by atoms with Crippen LogP contribution in [0.15, 0.2) is 48.6 Å². The number of carboxylic acid groups (broad SMARTS) is 1. The zero-order valence-electron chi connectivity index (χ0n) is 16.0. The van der Waals surface area contributed by atoms with Gasteiger partial charge in [-0.15, -0.1) is 0 Å². The third kappa shape index (κ3) is 5.46. The van der Waals surface area contributed by atoms with Crippen molar-refractivity contribution in [3.8, 4) is 11.5 Å². The van der Waals surface area contributed by atoms with Gasteiger partial charge in [0.2, 0.25) is 0 Å². The van der Waals surface area contributed by atoms with Crippen molar-refractivity contribution < 1.29 is 34.4 Å². The predicted molar refractivity (Wildman–Crippen MR) is 104 cm³/mol. The Kier molecular flexibility index (Phi) is 7.06. The largest absolute Gasteiger partial charge is 0.481 e. The Morgan fingerprint density at radius 3 is 2.55 bits per heavy atom. The first kappa shape index (κ1) is 21.1. The summed E-state index contributed by atoms with van der Waals surface area (Å²) < 4.78 is 11.1. The molecule has 29 heavy (non-hydrogen) atoms. The van der Waals surface area contributed by atoms with Crippen molar-refractivity contribution >= 4 is 11.8 Å². The fraction of sp³-hybridized carbons (Fsp3) is 0.455. The molecule has 7 heteroatoms. The number of aliphatic hydroxyl groups excluding tert-OH is 2. The maximum absolute atomic E-state index is 12.2. The Hall–Kier alpha value is -2.64. The number of fused-ring (bicyclic) bond motifs is 1. The molecular formula is C22H26O7. The second-order valence-corrected chi connectivity index (χ2v) is 7.34. The van der Waals surface area contributed by atoms with E-state index in [-0.39, 0.29) is 24.5 Å². The van der Waals surface area contributed by atoms with Crippen LogP contribution in [0.5, 0.6) is 11.5 Å². The van der Waals surface area contributed by atoms with Crippen molar-refractivity contribution in [1.82, 2.24) is 0 Å². The van der Waals surface area contributed by atoms with E-state index in [2.05, 4.69) is 0 Å². The van der Waals surface area contributed by atoms with E-state index in [4.69, 9.17) is 14.6 Å². The summed E-state index contributed by atoms with van der Waals surface area (Å²) in [5.41, 5.74) is 0. The van der Waals surface area contributed by atoms with E-state index in [9.17, 15) is 19.8 Å². The van der Waals surface area contributed by atoms with E-state index in [0.717, 1.165) is 0 Å². The second kappa shape index (κ2) is 9.71. The summed E-state index contributed by atoms with van der Waals surface area (Å²) >= 11 is 0. The van der Waals surface area contributed by atoms with Crippen LogP contribution in [0.4, 0.5) is 0 Å². The first-order valence-corrected chi connectivity index (χ1v) is 9.82. The Bertz CT molecular complexity index is 760. The molecule has 1 fully saturated rings. The number of hydrogen-bond donors (Lipinski definition) is 3. The average molecular weight is 402 g/mol. The smallest absolute Gasteiger partial charge is 0.303 e. The fourth-order valence-corrected chi connectivity index (χ4v) is 3.65. The summed E-state index contributed by atoms with van der Waals surface area (Å²) in [5, 5.41) is 29.3. The van der Waals surface area contributed by atoms with Gasteiger partial charge in [0.15, 0.2) is 11.5 Å². The molecule has 1 aromatic rings. The van der Waals surface area contributed by atoms with Gasteiger partial charge in [-0.05, 0) is 31.4 Å². The van der Waals surface area contributed by atoms with Gasteiger partial charge >= 0.3 is 5.97 Å². The lowest BCUT2D eigenvalue weighted by Gasteiger charge is -2.18. The van der Waals surface area contributed by atoms with Crippen LogP contribution in [0.1, 0.15) is 32.1 Å². The number of aliphatic carboxylic acids is 1. The molecule has 7 nitrogen and oxygen atoms in total. The molecule has 1 saturated carbocycles. The van der Waals surface area contributed by atoms with E-state index < -0.39 is 30.4 Å². The van der Waals surface area contributed by atoms with Gasteiger partial charge in [0.25, 0.3) is 6.29 Å². The highest BCUT2D eigenvalue weighted by molar-refractivity contribution is 5.84. The number of benzene rings is 1. The van der Waals surface area contributed by atoms with Crippen LogP contribution in [0.2, 0.25) is 0 Å². The van der Waals surface area contributed by atoms with Crippen LogP contribution in [0.3, 0.4) is 0 Å². The first-order chi connectivity index (χ1) is 14.0. The molecule has 1 heterocycles. The number of Topliss-reactive ketones (excluding diaryl/α,β-unsaturated/α-hetero) is 1. The third-order valence-electron chi connectivity index (χ3n) is 5.20. The van der Waals surface area contributed by atoms with Crippen molar-refractivity contribution in [1.29, 1.82) is 0 Å². The van der Waals surface area contributed by atoms with E-state index in [1.165, 1.54) is 6.08 Å². The molecule has 0 unspecified atom stereocenters. The quantitative estimate of drug-likeness (QED) is 0.429. The van der Waals surface area contributed by atoms with Gasteiger partial charge in [0, 0.05) is 24.7 Å². The highest BCUT2D eigenvalue weighted by atomic mass is 16.7.